The maximum atomic E-state index is 9.69. The molecular weight excluding hydrogens is 144 g/mol. The summed E-state index contributed by atoms with van der Waals surface area (Å²) in [5.41, 5.74) is -0.596. The lowest BCUT2D eigenvalue weighted by Crippen LogP contribution is -2.34. The first kappa shape index (κ1) is 10.0. The number of hydrogen-bond donors (Lipinski definition) is 1. The van der Waals surface area contributed by atoms with Gasteiger partial charge in [-0.25, -0.2) is 0 Å². The van der Waals surface area contributed by atoms with E-state index in [-0.39, 0.29) is 5.25 Å². The molecule has 60 valence electrons. The Hall–Kier alpha value is 0.0500. The molecule has 0 aromatic carbocycles. The molecule has 2 heteroatoms. The second-order valence-corrected chi connectivity index (χ2v) is 3.91. The van der Waals surface area contributed by atoms with Crippen LogP contribution in [0.2, 0.25) is 0 Å². The van der Waals surface area contributed by atoms with Crippen LogP contribution in [-0.2, 0) is 0 Å². The fourth-order valence-electron chi connectivity index (χ4n) is 0.712. The molecule has 0 radical (unpaired) electrons. The quantitative estimate of drug-likeness (QED) is 0.635. The second kappa shape index (κ2) is 4.04. The van der Waals surface area contributed by atoms with E-state index in [1.165, 1.54) is 0 Å². The minimum atomic E-state index is -0.596. The summed E-state index contributed by atoms with van der Waals surface area (Å²) >= 11 is 1.67. The van der Waals surface area contributed by atoms with Crippen molar-refractivity contribution in [2.24, 2.45) is 0 Å². The Balaban J connectivity index is 3.94. The second-order valence-electron chi connectivity index (χ2n) is 2.73. The molecule has 0 amide bonds. The van der Waals surface area contributed by atoms with Gasteiger partial charge in [0.2, 0.25) is 0 Å². The van der Waals surface area contributed by atoms with Gasteiger partial charge in [-0.1, -0.05) is 13.0 Å². The molecule has 0 rings (SSSR count). The lowest BCUT2D eigenvalue weighted by molar-refractivity contribution is 0.0653. The van der Waals surface area contributed by atoms with Gasteiger partial charge in [0, 0.05) is 5.25 Å². The Labute approximate surface area is 67.5 Å². The third-order valence-electron chi connectivity index (χ3n) is 1.79. The molecular formula is C8H16OS. The average molecular weight is 160 g/mol. The van der Waals surface area contributed by atoms with Gasteiger partial charge in [0.15, 0.2) is 0 Å². The molecule has 0 bridgehead atoms. The monoisotopic (exact) mass is 160 g/mol. The molecule has 0 spiro atoms. The fourth-order valence-corrected chi connectivity index (χ4v) is 1.32. The zero-order chi connectivity index (χ0) is 8.20. The molecule has 0 fully saturated rings. The Kier molecular flexibility index (Phi) is 4.06. The molecule has 0 saturated heterocycles. The largest absolute Gasteiger partial charge is 0.389 e. The van der Waals surface area contributed by atoms with Gasteiger partial charge in [0.25, 0.3) is 0 Å². The highest BCUT2D eigenvalue weighted by Crippen LogP contribution is 2.23. The van der Waals surface area contributed by atoms with Crippen molar-refractivity contribution in [2.75, 3.05) is 6.26 Å². The van der Waals surface area contributed by atoms with Crippen molar-refractivity contribution < 1.29 is 5.11 Å². The number of aliphatic hydroxyl groups is 1. The molecule has 0 aromatic heterocycles. The van der Waals surface area contributed by atoms with Crippen molar-refractivity contribution in [1.82, 2.24) is 0 Å². The Morgan fingerprint density at radius 3 is 2.60 bits per heavy atom. The first-order valence-electron chi connectivity index (χ1n) is 3.40. The van der Waals surface area contributed by atoms with Crippen LogP contribution in [0.15, 0.2) is 12.7 Å². The van der Waals surface area contributed by atoms with Crippen LogP contribution in [0.5, 0.6) is 0 Å². The van der Waals surface area contributed by atoms with E-state index in [1.54, 1.807) is 17.8 Å². The van der Waals surface area contributed by atoms with Crippen LogP contribution in [0, 0.1) is 0 Å². The van der Waals surface area contributed by atoms with Gasteiger partial charge in [-0.15, -0.1) is 6.58 Å². The Morgan fingerprint density at radius 2 is 2.30 bits per heavy atom. The van der Waals surface area contributed by atoms with E-state index in [2.05, 4.69) is 6.58 Å². The molecule has 0 aromatic rings. The number of thioether (sulfide) groups is 1. The third-order valence-corrected chi connectivity index (χ3v) is 3.00. The number of hydrogen-bond acceptors (Lipinski definition) is 2. The van der Waals surface area contributed by atoms with E-state index in [4.69, 9.17) is 0 Å². The standard InChI is InChI=1S/C8H16OS/c1-5-6-8(3,9)7(2)10-4/h5,7,9H,1,6H2,2-4H3. The normalized spacial score (nSPS) is 19.6. The van der Waals surface area contributed by atoms with Crippen LogP contribution < -0.4 is 0 Å². The maximum absolute atomic E-state index is 9.69. The van der Waals surface area contributed by atoms with E-state index >= 15 is 0 Å². The summed E-state index contributed by atoms with van der Waals surface area (Å²) < 4.78 is 0. The van der Waals surface area contributed by atoms with Crippen LogP contribution in [0.1, 0.15) is 20.3 Å². The minimum Gasteiger partial charge on any atom is -0.389 e. The Morgan fingerprint density at radius 1 is 1.80 bits per heavy atom. The minimum absolute atomic E-state index is 0.269. The highest BCUT2D eigenvalue weighted by atomic mass is 32.2. The third kappa shape index (κ3) is 2.76. The van der Waals surface area contributed by atoms with Crippen LogP contribution in [0.25, 0.3) is 0 Å². The van der Waals surface area contributed by atoms with Crippen molar-refractivity contribution in [2.45, 2.75) is 31.1 Å². The highest BCUT2D eigenvalue weighted by Gasteiger charge is 2.25. The molecule has 0 heterocycles. The van der Waals surface area contributed by atoms with Gasteiger partial charge in [-0.05, 0) is 19.6 Å². The van der Waals surface area contributed by atoms with Gasteiger partial charge < -0.3 is 5.11 Å². The molecule has 2 atom stereocenters. The summed E-state index contributed by atoms with van der Waals surface area (Å²) in [4.78, 5) is 0. The van der Waals surface area contributed by atoms with Crippen molar-refractivity contribution in [3.05, 3.63) is 12.7 Å². The van der Waals surface area contributed by atoms with Crippen molar-refractivity contribution >= 4 is 11.8 Å². The maximum Gasteiger partial charge on any atom is 0.0769 e. The van der Waals surface area contributed by atoms with Gasteiger partial charge in [0.1, 0.15) is 0 Å². The summed E-state index contributed by atoms with van der Waals surface area (Å²) in [7, 11) is 0. The van der Waals surface area contributed by atoms with E-state index < -0.39 is 5.60 Å². The summed E-state index contributed by atoms with van der Waals surface area (Å²) in [6.07, 6.45) is 4.42. The van der Waals surface area contributed by atoms with Gasteiger partial charge in [0.05, 0.1) is 5.60 Å². The molecule has 10 heavy (non-hydrogen) atoms. The van der Waals surface area contributed by atoms with Crippen LogP contribution in [-0.4, -0.2) is 22.2 Å². The van der Waals surface area contributed by atoms with Crippen LogP contribution in [0.4, 0.5) is 0 Å². The Bertz CT molecular complexity index is 110. The molecule has 1 N–H and O–H groups in total. The predicted molar refractivity (Wildman–Crippen MR) is 48.4 cm³/mol. The topological polar surface area (TPSA) is 20.2 Å². The van der Waals surface area contributed by atoms with Gasteiger partial charge in [-0.2, -0.15) is 11.8 Å². The van der Waals surface area contributed by atoms with E-state index in [9.17, 15) is 5.11 Å². The smallest absolute Gasteiger partial charge is 0.0769 e. The summed E-state index contributed by atoms with van der Waals surface area (Å²) in [6, 6.07) is 0. The molecule has 1 nitrogen and oxygen atoms in total. The van der Waals surface area contributed by atoms with Crippen LogP contribution in [0.3, 0.4) is 0 Å². The lowest BCUT2D eigenvalue weighted by atomic mass is 9.99. The van der Waals surface area contributed by atoms with Gasteiger partial charge in [-0.3, -0.25) is 0 Å². The SMILES string of the molecule is C=CCC(C)(O)C(C)SC. The molecule has 0 saturated carbocycles. The number of rotatable bonds is 4. The van der Waals surface area contributed by atoms with Crippen molar-refractivity contribution in [3.63, 3.8) is 0 Å². The fraction of sp³-hybridized carbons (Fsp3) is 0.750. The molecule has 0 aliphatic rings. The van der Waals surface area contributed by atoms with Crippen molar-refractivity contribution in [3.8, 4) is 0 Å². The zero-order valence-electron chi connectivity index (χ0n) is 6.92. The van der Waals surface area contributed by atoms with E-state index in [0.717, 1.165) is 0 Å². The molecule has 0 aliphatic heterocycles. The van der Waals surface area contributed by atoms with E-state index in [0.29, 0.717) is 6.42 Å². The average Bonchev–Trinajstić information content (AvgIpc) is 1.86. The summed E-state index contributed by atoms with van der Waals surface area (Å²) in [5, 5.41) is 9.96. The first-order chi connectivity index (χ1) is 4.54. The highest BCUT2D eigenvalue weighted by molar-refractivity contribution is 7.99. The van der Waals surface area contributed by atoms with Crippen molar-refractivity contribution in [1.29, 1.82) is 0 Å². The molecule has 2 unspecified atom stereocenters. The predicted octanol–water partition coefficient (Wildman–Crippen LogP) is 2.06. The van der Waals surface area contributed by atoms with Crippen LogP contribution >= 0.6 is 11.8 Å². The van der Waals surface area contributed by atoms with E-state index in [1.807, 2.05) is 20.1 Å². The summed E-state index contributed by atoms with van der Waals surface area (Å²) in [6.45, 7) is 7.46. The first-order valence-corrected chi connectivity index (χ1v) is 4.69. The lowest BCUT2D eigenvalue weighted by Gasteiger charge is -2.27. The zero-order valence-corrected chi connectivity index (χ0v) is 7.74. The molecule has 0 aliphatic carbocycles. The summed E-state index contributed by atoms with van der Waals surface area (Å²) in [5.74, 6) is 0. The van der Waals surface area contributed by atoms with Gasteiger partial charge >= 0.3 is 0 Å².